The number of anilines is 1. The monoisotopic (exact) mass is 218 g/mol. The van der Waals surface area contributed by atoms with Gasteiger partial charge in [-0.15, -0.1) is 0 Å². The third-order valence-corrected chi connectivity index (χ3v) is 3.61. The van der Waals surface area contributed by atoms with Crippen molar-refractivity contribution in [1.29, 1.82) is 0 Å². The number of hydrogen-bond acceptors (Lipinski definition) is 2. The molecule has 0 bridgehead atoms. The molecule has 2 rings (SSSR count). The summed E-state index contributed by atoms with van der Waals surface area (Å²) in [6.07, 6.45) is 5.49. The fourth-order valence-corrected chi connectivity index (χ4v) is 2.68. The van der Waals surface area contributed by atoms with Crippen molar-refractivity contribution in [3.63, 3.8) is 0 Å². The van der Waals surface area contributed by atoms with E-state index in [-0.39, 0.29) is 0 Å². The fraction of sp³-hybridized carbons (Fsp3) is 0.571. The van der Waals surface area contributed by atoms with E-state index in [1.807, 2.05) is 7.05 Å². The van der Waals surface area contributed by atoms with Gasteiger partial charge >= 0.3 is 0 Å². The van der Waals surface area contributed by atoms with Crippen molar-refractivity contribution in [2.45, 2.75) is 38.3 Å². The van der Waals surface area contributed by atoms with Crippen LogP contribution in [0.15, 0.2) is 24.3 Å². The molecule has 1 aromatic rings. The first kappa shape index (κ1) is 11.5. The summed E-state index contributed by atoms with van der Waals surface area (Å²) in [5, 5.41) is 3.24. The first-order valence-corrected chi connectivity index (χ1v) is 6.28. The van der Waals surface area contributed by atoms with Crippen LogP contribution in [0.4, 0.5) is 5.69 Å². The van der Waals surface area contributed by atoms with Gasteiger partial charge in [-0.05, 0) is 31.5 Å². The Balaban J connectivity index is 2.17. The second-order valence-corrected chi connectivity index (χ2v) is 4.71. The molecule has 2 heteroatoms. The lowest BCUT2D eigenvalue weighted by atomic mass is 10.1. The van der Waals surface area contributed by atoms with E-state index in [0.717, 1.165) is 12.6 Å². The predicted octanol–water partition coefficient (Wildman–Crippen LogP) is 2.78. The van der Waals surface area contributed by atoms with E-state index in [0.29, 0.717) is 0 Å². The molecule has 0 amide bonds. The summed E-state index contributed by atoms with van der Waals surface area (Å²) in [6.45, 7) is 0.952. The Labute approximate surface area is 98.7 Å². The predicted molar refractivity (Wildman–Crippen MR) is 69.9 cm³/mol. The third kappa shape index (κ3) is 2.38. The molecular formula is C14H22N2. The standard InChI is InChI=1S/C14H22N2/c1-15-11-12-7-3-6-10-14(12)16(2)13-8-4-5-9-13/h3,6-7,10,13,15H,4-5,8-9,11H2,1-2H3. The number of para-hydroxylation sites is 1. The average molecular weight is 218 g/mol. The first-order valence-electron chi connectivity index (χ1n) is 6.28. The lowest BCUT2D eigenvalue weighted by Gasteiger charge is -2.28. The van der Waals surface area contributed by atoms with Gasteiger partial charge in [0.2, 0.25) is 0 Å². The quantitative estimate of drug-likeness (QED) is 0.836. The fourth-order valence-electron chi connectivity index (χ4n) is 2.68. The molecule has 88 valence electrons. The van der Waals surface area contributed by atoms with Gasteiger partial charge in [-0.25, -0.2) is 0 Å². The Morgan fingerprint density at radius 3 is 2.62 bits per heavy atom. The van der Waals surface area contributed by atoms with Gasteiger partial charge in [0, 0.05) is 25.3 Å². The number of hydrogen-bond donors (Lipinski definition) is 1. The van der Waals surface area contributed by atoms with Crippen LogP contribution in [0.25, 0.3) is 0 Å². The summed E-state index contributed by atoms with van der Waals surface area (Å²) >= 11 is 0. The van der Waals surface area contributed by atoms with Crippen molar-refractivity contribution in [2.75, 3.05) is 19.0 Å². The summed E-state index contributed by atoms with van der Waals surface area (Å²) in [5.74, 6) is 0. The van der Waals surface area contributed by atoms with Crippen molar-refractivity contribution in [2.24, 2.45) is 0 Å². The van der Waals surface area contributed by atoms with Crippen LogP contribution in [0.1, 0.15) is 31.2 Å². The molecule has 1 aliphatic rings. The normalized spacial score (nSPS) is 16.6. The summed E-state index contributed by atoms with van der Waals surface area (Å²) in [6, 6.07) is 9.47. The van der Waals surface area contributed by atoms with E-state index in [4.69, 9.17) is 0 Å². The van der Waals surface area contributed by atoms with E-state index >= 15 is 0 Å². The van der Waals surface area contributed by atoms with E-state index in [1.165, 1.54) is 36.9 Å². The lowest BCUT2D eigenvalue weighted by molar-refractivity contribution is 0.648. The summed E-state index contributed by atoms with van der Waals surface area (Å²) in [4.78, 5) is 2.47. The van der Waals surface area contributed by atoms with Crippen molar-refractivity contribution < 1.29 is 0 Å². The molecule has 0 unspecified atom stereocenters. The Morgan fingerprint density at radius 1 is 1.25 bits per heavy atom. The Kier molecular flexibility index (Phi) is 3.83. The maximum Gasteiger partial charge on any atom is 0.0411 e. The van der Waals surface area contributed by atoms with Crippen molar-refractivity contribution >= 4 is 5.69 Å². The molecule has 1 N–H and O–H groups in total. The van der Waals surface area contributed by atoms with E-state index < -0.39 is 0 Å². The molecule has 1 fully saturated rings. The van der Waals surface area contributed by atoms with E-state index in [9.17, 15) is 0 Å². The molecule has 0 aromatic heterocycles. The molecular weight excluding hydrogens is 196 g/mol. The van der Waals surface area contributed by atoms with Gasteiger partial charge in [0.25, 0.3) is 0 Å². The molecule has 1 aliphatic carbocycles. The van der Waals surface area contributed by atoms with Crippen LogP contribution in [0.2, 0.25) is 0 Å². The summed E-state index contributed by atoms with van der Waals surface area (Å²) < 4.78 is 0. The molecule has 0 atom stereocenters. The molecule has 0 radical (unpaired) electrons. The van der Waals surface area contributed by atoms with Crippen LogP contribution in [-0.4, -0.2) is 20.1 Å². The lowest BCUT2D eigenvalue weighted by Crippen LogP contribution is -2.30. The number of nitrogens with one attached hydrogen (secondary N) is 1. The number of rotatable bonds is 4. The summed E-state index contributed by atoms with van der Waals surface area (Å²) in [7, 11) is 4.25. The minimum absolute atomic E-state index is 0.748. The molecule has 0 saturated heterocycles. The second-order valence-electron chi connectivity index (χ2n) is 4.71. The van der Waals surface area contributed by atoms with Crippen LogP contribution in [0, 0.1) is 0 Å². The molecule has 0 heterocycles. The van der Waals surface area contributed by atoms with Gasteiger partial charge in [0.15, 0.2) is 0 Å². The van der Waals surface area contributed by atoms with Gasteiger partial charge in [0.1, 0.15) is 0 Å². The van der Waals surface area contributed by atoms with Crippen molar-refractivity contribution in [3.8, 4) is 0 Å². The average Bonchev–Trinajstić information content (AvgIpc) is 2.83. The van der Waals surface area contributed by atoms with Gasteiger partial charge in [-0.1, -0.05) is 31.0 Å². The minimum Gasteiger partial charge on any atom is -0.371 e. The Hall–Kier alpha value is -1.02. The van der Waals surface area contributed by atoms with Crippen LogP contribution >= 0.6 is 0 Å². The highest BCUT2D eigenvalue weighted by Crippen LogP contribution is 2.28. The van der Waals surface area contributed by atoms with Crippen LogP contribution in [0.5, 0.6) is 0 Å². The maximum atomic E-state index is 3.24. The van der Waals surface area contributed by atoms with Crippen molar-refractivity contribution in [1.82, 2.24) is 5.32 Å². The highest BCUT2D eigenvalue weighted by Gasteiger charge is 2.20. The van der Waals surface area contributed by atoms with E-state index in [2.05, 4.69) is 41.5 Å². The summed E-state index contributed by atoms with van der Waals surface area (Å²) in [5.41, 5.74) is 2.79. The maximum absolute atomic E-state index is 3.24. The van der Waals surface area contributed by atoms with Crippen molar-refractivity contribution in [3.05, 3.63) is 29.8 Å². The SMILES string of the molecule is CNCc1ccccc1N(C)C1CCCC1. The molecule has 16 heavy (non-hydrogen) atoms. The van der Waals surface area contributed by atoms with Crippen LogP contribution in [0.3, 0.4) is 0 Å². The second kappa shape index (κ2) is 5.35. The molecule has 0 aliphatic heterocycles. The Bertz CT molecular complexity index is 329. The van der Waals surface area contributed by atoms with Crippen LogP contribution in [-0.2, 0) is 6.54 Å². The molecule has 0 spiro atoms. The minimum atomic E-state index is 0.748. The van der Waals surface area contributed by atoms with Gasteiger partial charge < -0.3 is 10.2 Å². The highest BCUT2D eigenvalue weighted by atomic mass is 15.1. The molecule has 1 aromatic carbocycles. The largest absolute Gasteiger partial charge is 0.371 e. The zero-order valence-electron chi connectivity index (χ0n) is 10.4. The number of nitrogens with zero attached hydrogens (tertiary/aromatic N) is 1. The number of benzene rings is 1. The molecule has 2 nitrogen and oxygen atoms in total. The zero-order chi connectivity index (χ0) is 11.4. The van der Waals surface area contributed by atoms with Gasteiger partial charge in [-0.3, -0.25) is 0 Å². The van der Waals surface area contributed by atoms with Gasteiger partial charge in [0.05, 0.1) is 0 Å². The first-order chi connectivity index (χ1) is 7.83. The van der Waals surface area contributed by atoms with Gasteiger partial charge in [-0.2, -0.15) is 0 Å². The topological polar surface area (TPSA) is 15.3 Å². The third-order valence-electron chi connectivity index (χ3n) is 3.61. The van der Waals surface area contributed by atoms with Crippen LogP contribution < -0.4 is 10.2 Å². The Morgan fingerprint density at radius 2 is 1.94 bits per heavy atom. The zero-order valence-corrected chi connectivity index (χ0v) is 10.4. The highest BCUT2D eigenvalue weighted by molar-refractivity contribution is 5.53. The van der Waals surface area contributed by atoms with E-state index in [1.54, 1.807) is 0 Å². The smallest absolute Gasteiger partial charge is 0.0411 e. The molecule has 1 saturated carbocycles.